The van der Waals surface area contributed by atoms with E-state index in [1.807, 2.05) is 42.6 Å². The van der Waals surface area contributed by atoms with Gasteiger partial charge in [0.1, 0.15) is 0 Å². The largest absolute Gasteiger partial charge is 0.358 e. The molecule has 1 aromatic carbocycles. The summed E-state index contributed by atoms with van der Waals surface area (Å²) >= 11 is 3.83. The van der Waals surface area contributed by atoms with Gasteiger partial charge in [0.2, 0.25) is 0 Å². The lowest BCUT2D eigenvalue weighted by Crippen LogP contribution is -2.00. The van der Waals surface area contributed by atoms with Crippen LogP contribution in [0.25, 0.3) is 10.9 Å². The fraction of sp³-hybridized carbons (Fsp3) is 0.0714. The van der Waals surface area contributed by atoms with E-state index in [-0.39, 0.29) is 5.78 Å². The van der Waals surface area contributed by atoms with Crippen molar-refractivity contribution in [3.8, 4) is 0 Å². The van der Waals surface area contributed by atoms with Gasteiger partial charge in [-0.3, -0.25) is 4.79 Å². The minimum atomic E-state index is 0.101. The van der Waals surface area contributed by atoms with Gasteiger partial charge >= 0.3 is 0 Å². The summed E-state index contributed by atoms with van der Waals surface area (Å²) in [4.78, 5) is 15.8. The Labute approximate surface area is 122 Å². The van der Waals surface area contributed by atoms with E-state index in [1.165, 1.54) is 0 Å². The highest BCUT2D eigenvalue weighted by atomic mass is 127. The molecule has 0 atom stereocenters. The molecule has 4 heteroatoms. The summed E-state index contributed by atoms with van der Waals surface area (Å²) in [5.41, 5.74) is 3.52. The van der Waals surface area contributed by atoms with Crippen LogP contribution in [-0.2, 0) is 0 Å². The molecule has 0 radical (unpaired) electrons. The maximum absolute atomic E-state index is 12.5. The highest BCUT2D eigenvalue weighted by Crippen LogP contribution is 2.26. The summed E-state index contributed by atoms with van der Waals surface area (Å²) in [5.74, 6) is 0.101. The van der Waals surface area contributed by atoms with Crippen molar-refractivity contribution in [2.75, 3.05) is 0 Å². The van der Waals surface area contributed by atoms with E-state index in [4.69, 9.17) is 0 Å². The van der Waals surface area contributed by atoms with Crippen LogP contribution in [0.5, 0.6) is 0 Å². The smallest absolute Gasteiger partial charge is 0.196 e. The zero-order valence-electron chi connectivity index (χ0n) is 9.66. The van der Waals surface area contributed by atoms with Crippen molar-refractivity contribution >= 4 is 50.6 Å². The van der Waals surface area contributed by atoms with Crippen molar-refractivity contribution < 1.29 is 4.79 Å². The lowest BCUT2D eigenvalue weighted by Gasteiger charge is -1.98. The molecule has 0 aliphatic heterocycles. The topological polar surface area (TPSA) is 32.9 Å². The number of carbonyl (C=O) groups excluding carboxylic acids is 1. The van der Waals surface area contributed by atoms with Crippen LogP contribution in [0.3, 0.4) is 0 Å². The number of ketones is 1. The van der Waals surface area contributed by atoms with E-state index in [2.05, 4.69) is 27.6 Å². The van der Waals surface area contributed by atoms with Crippen molar-refractivity contribution in [3.63, 3.8) is 0 Å². The molecule has 18 heavy (non-hydrogen) atoms. The molecule has 1 N–H and O–H groups in total. The Morgan fingerprint density at radius 1 is 1.33 bits per heavy atom. The van der Waals surface area contributed by atoms with E-state index < -0.39 is 0 Å². The van der Waals surface area contributed by atoms with Gasteiger partial charge in [-0.2, -0.15) is 0 Å². The van der Waals surface area contributed by atoms with Crippen LogP contribution in [0.2, 0.25) is 0 Å². The average molecular weight is 367 g/mol. The highest BCUT2D eigenvalue weighted by Gasteiger charge is 2.18. The molecule has 0 saturated heterocycles. The minimum absolute atomic E-state index is 0.101. The van der Waals surface area contributed by atoms with Crippen molar-refractivity contribution in [2.45, 2.75) is 6.92 Å². The van der Waals surface area contributed by atoms with Gasteiger partial charge in [0.15, 0.2) is 5.78 Å². The lowest BCUT2D eigenvalue weighted by molar-refractivity contribution is 0.104. The van der Waals surface area contributed by atoms with Crippen LogP contribution < -0.4 is 0 Å². The lowest BCUT2D eigenvalue weighted by atomic mass is 10.0. The van der Waals surface area contributed by atoms with Crippen LogP contribution in [0.15, 0.2) is 35.7 Å². The molecule has 0 amide bonds. The summed E-state index contributed by atoms with van der Waals surface area (Å²) in [6, 6.07) is 9.86. The minimum Gasteiger partial charge on any atom is -0.358 e. The Balaban J connectivity index is 2.20. The molecule has 2 aromatic heterocycles. The van der Waals surface area contributed by atoms with E-state index in [0.717, 1.165) is 30.6 Å². The van der Waals surface area contributed by atoms with Crippen LogP contribution in [0.1, 0.15) is 21.6 Å². The third-order valence-electron chi connectivity index (χ3n) is 2.95. The molecule has 0 saturated carbocycles. The quantitative estimate of drug-likeness (QED) is 0.530. The standard InChI is InChI=1S/C14H10INOS/c1-8-13(10-4-2-3-5-11(10)16-8)14(17)9-6-12(15)18-7-9/h2-7,16H,1H3. The molecule has 90 valence electrons. The van der Waals surface area contributed by atoms with Gasteiger partial charge in [0, 0.05) is 27.5 Å². The molecule has 0 aliphatic rings. The van der Waals surface area contributed by atoms with Crippen molar-refractivity contribution in [1.29, 1.82) is 0 Å². The highest BCUT2D eigenvalue weighted by molar-refractivity contribution is 14.1. The average Bonchev–Trinajstić information content (AvgIpc) is 2.91. The molecule has 0 bridgehead atoms. The maximum atomic E-state index is 12.5. The number of fused-ring (bicyclic) bond motifs is 1. The Bertz CT molecular complexity index is 741. The van der Waals surface area contributed by atoms with E-state index in [0.29, 0.717) is 0 Å². The first-order valence-electron chi connectivity index (χ1n) is 5.53. The van der Waals surface area contributed by atoms with Gasteiger partial charge in [-0.1, -0.05) is 18.2 Å². The van der Waals surface area contributed by atoms with Gasteiger partial charge in [-0.15, -0.1) is 11.3 Å². The predicted octanol–water partition coefficient (Wildman–Crippen LogP) is 4.37. The number of thiophene rings is 1. The predicted molar refractivity (Wildman–Crippen MR) is 83.5 cm³/mol. The fourth-order valence-electron chi connectivity index (χ4n) is 2.14. The molecule has 0 unspecified atom stereocenters. The van der Waals surface area contributed by atoms with Gasteiger partial charge in [0.05, 0.1) is 8.45 Å². The molecule has 0 aliphatic carbocycles. The maximum Gasteiger partial charge on any atom is 0.196 e. The monoisotopic (exact) mass is 367 g/mol. The third kappa shape index (κ3) is 1.89. The normalized spacial score (nSPS) is 11.0. The first kappa shape index (κ1) is 11.9. The van der Waals surface area contributed by atoms with Crippen LogP contribution in [0, 0.1) is 9.81 Å². The van der Waals surface area contributed by atoms with Gasteiger partial charge in [-0.05, 0) is 41.6 Å². The summed E-state index contributed by atoms with van der Waals surface area (Å²) in [5, 5.41) is 2.92. The second-order valence-electron chi connectivity index (χ2n) is 4.14. The van der Waals surface area contributed by atoms with Crippen molar-refractivity contribution in [2.24, 2.45) is 0 Å². The number of carbonyl (C=O) groups is 1. The summed E-state index contributed by atoms with van der Waals surface area (Å²) < 4.78 is 1.13. The Hall–Kier alpha value is -1.14. The zero-order chi connectivity index (χ0) is 12.7. The number of para-hydroxylation sites is 1. The Morgan fingerprint density at radius 2 is 2.11 bits per heavy atom. The molecular weight excluding hydrogens is 357 g/mol. The second kappa shape index (κ2) is 4.51. The number of aromatic nitrogens is 1. The molecule has 3 aromatic rings. The number of halogens is 1. The Kier molecular flexibility index (Phi) is 2.99. The summed E-state index contributed by atoms with van der Waals surface area (Å²) in [7, 11) is 0. The molecule has 0 spiro atoms. The number of rotatable bonds is 2. The zero-order valence-corrected chi connectivity index (χ0v) is 12.6. The van der Waals surface area contributed by atoms with Crippen LogP contribution in [0.4, 0.5) is 0 Å². The van der Waals surface area contributed by atoms with E-state index >= 15 is 0 Å². The molecule has 3 rings (SSSR count). The number of aromatic amines is 1. The van der Waals surface area contributed by atoms with E-state index in [9.17, 15) is 4.79 Å². The number of nitrogens with one attached hydrogen (secondary N) is 1. The van der Waals surface area contributed by atoms with Crippen LogP contribution >= 0.6 is 33.9 Å². The molecule has 0 fully saturated rings. The van der Waals surface area contributed by atoms with E-state index in [1.54, 1.807) is 11.3 Å². The van der Waals surface area contributed by atoms with Crippen molar-refractivity contribution in [3.05, 3.63) is 55.4 Å². The fourth-order valence-corrected chi connectivity index (χ4v) is 3.47. The number of hydrogen-bond acceptors (Lipinski definition) is 2. The molecular formula is C14H10INOS. The summed E-state index contributed by atoms with van der Waals surface area (Å²) in [6.45, 7) is 1.95. The first-order chi connectivity index (χ1) is 8.66. The summed E-state index contributed by atoms with van der Waals surface area (Å²) in [6.07, 6.45) is 0. The van der Waals surface area contributed by atoms with Crippen molar-refractivity contribution in [1.82, 2.24) is 4.98 Å². The van der Waals surface area contributed by atoms with Crippen LogP contribution in [-0.4, -0.2) is 10.8 Å². The number of H-pyrrole nitrogens is 1. The third-order valence-corrected chi connectivity index (χ3v) is 4.74. The first-order valence-corrected chi connectivity index (χ1v) is 7.48. The SMILES string of the molecule is Cc1[nH]c2ccccc2c1C(=O)c1csc(I)c1. The van der Waals surface area contributed by atoms with Gasteiger partial charge in [0.25, 0.3) is 0 Å². The number of benzene rings is 1. The van der Waals surface area contributed by atoms with Gasteiger partial charge < -0.3 is 4.98 Å². The molecule has 2 heterocycles. The second-order valence-corrected chi connectivity index (χ2v) is 6.94. The Morgan fingerprint density at radius 3 is 2.83 bits per heavy atom. The number of aryl methyl sites for hydroxylation is 1. The molecule has 2 nitrogen and oxygen atoms in total. The van der Waals surface area contributed by atoms with Gasteiger partial charge in [-0.25, -0.2) is 0 Å². The number of hydrogen-bond donors (Lipinski definition) is 1.